The fraction of sp³-hybridized carbons (Fsp3) is 0.900. The maximum Gasteiger partial charge on any atom is 0.302 e. The molecule has 0 N–H and O–H groups in total. The molecule has 4 aliphatic rings. The van der Waals surface area contributed by atoms with Gasteiger partial charge in [0.25, 0.3) is 0 Å². The van der Waals surface area contributed by atoms with Crippen molar-refractivity contribution in [3.63, 3.8) is 0 Å². The maximum absolute atomic E-state index is 11.5. The van der Waals surface area contributed by atoms with Gasteiger partial charge in [0.2, 0.25) is 0 Å². The van der Waals surface area contributed by atoms with Gasteiger partial charge in [0.05, 0.1) is 0 Å². The maximum atomic E-state index is 11.5. The molecule has 0 radical (unpaired) electrons. The van der Waals surface area contributed by atoms with Crippen LogP contribution in [0, 0.1) is 46.3 Å². The van der Waals surface area contributed by atoms with Crippen LogP contribution in [0.15, 0.2) is 11.1 Å². The molecule has 182 valence electrons. The average Bonchev–Trinajstić information content (AvgIpc) is 3.08. The Hall–Kier alpha value is -0.790. The van der Waals surface area contributed by atoms with Gasteiger partial charge in [0.1, 0.15) is 6.10 Å². The fourth-order valence-electron chi connectivity index (χ4n) is 8.80. The number of hydrogen-bond donors (Lipinski definition) is 0. The van der Waals surface area contributed by atoms with Gasteiger partial charge in [0, 0.05) is 6.92 Å². The summed E-state index contributed by atoms with van der Waals surface area (Å²) in [5.74, 6) is 4.81. The van der Waals surface area contributed by atoms with E-state index in [2.05, 4.69) is 41.5 Å². The molecule has 0 bridgehead atoms. The molecule has 4 aliphatic carbocycles. The second-order valence-electron chi connectivity index (χ2n) is 13.2. The molecule has 0 spiro atoms. The molecule has 2 heteroatoms. The summed E-state index contributed by atoms with van der Waals surface area (Å²) >= 11 is 0. The first-order valence-electron chi connectivity index (χ1n) is 14.0. The van der Waals surface area contributed by atoms with E-state index in [9.17, 15) is 4.79 Å². The summed E-state index contributed by atoms with van der Waals surface area (Å²) in [5.41, 5.74) is 4.69. The van der Waals surface area contributed by atoms with Crippen molar-refractivity contribution in [3.05, 3.63) is 11.1 Å². The van der Waals surface area contributed by atoms with Gasteiger partial charge >= 0.3 is 5.97 Å². The van der Waals surface area contributed by atoms with Gasteiger partial charge in [-0.1, -0.05) is 65.5 Å². The van der Waals surface area contributed by atoms with E-state index in [0.29, 0.717) is 10.8 Å². The Bertz CT molecular complexity index is 735. The number of carbonyl (C=O) groups excluding carboxylic acids is 1. The first-order chi connectivity index (χ1) is 15.1. The van der Waals surface area contributed by atoms with Crippen molar-refractivity contribution >= 4 is 5.97 Å². The van der Waals surface area contributed by atoms with E-state index in [1.807, 2.05) is 11.1 Å². The second kappa shape index (κ2) is 9.10. The molecule has 0 aromatic carbocycles. The number of allylic oxidation sites excluding steroid dienone is 2. The van der Waals surface area contributed by atoms with Crippen LogP contribution in [0.4, 0.5) is 0 Å². The number of fused-ring (bicyclic) bond motifs is 4. The highest BCUT2D eigenvalue weighted by molar-refractivity contribution is 5.66. The van der Waals surface area contributed by atoms with Crippen molar-refractivity contribution in [2.45, 2.75) is 125 Å². The molecule has 0 saturated heterocycles. The highest BCUT2D eigenvalue weighted by Gasteiger charge is 2.55. The van der Waals surface area contributed by atoms with E-state index in [0.717, 1.165) is 48.3 Å². The fourth-order valence-corrected chi connectivity index (χ4v) is 8.80. The number of hydrogen-bond acceptors (Lipinski definition) is 2. The lowest BCUT2D eigenvalue weighted by Crippen LogP contribution is -2.48. The first-order valence-corrected chi connectivity index (χ1v) is 14.0. The van der Waals surface area contributed by atoms with Gasteiger partial charge in [-0.3, -0.25) is 4.79 Å². The van der Waals surface area contributed by atoms with E-state index in [-0.39, 0.29) is 12.1 Å². The molecule has 0 aliphatic heterocycles. The summed E-state index contributed by atoms with van der Waals surface area (Å²) in [6.07, 6.45) is 14.6. The first kappa shape index (κ1) is 24.3. The van der Waals surface area contributed by atoms with Crippen LogP contribution >= 0.6 is 0 Å². The zero-order valence-corrected chi connectivity index (χ0v) is 22.1. The van der Waals surface area contributed by atoms with Crippen LogP contribution in [0.1, 0.15) is 119 Å². The Morgan fingerprint density at radius 3 is 2.44 bits per heavy atom. The van der Waals surface area contributed by atoms with Crippen molar-refractivity contribution in [2.75, 3.05) is 0 Å². The van der Waals surface area contributed by atoms with Crippen LogP contribution in [0.5, 0.6) is 0 Å². The molecule has 0 aromatic heterocycles. The van der Waals surface area contributed by atoms with E-state index in [1.54, 1.807) is 6.92 Å². The Morgan fingerprint density at radius 1 is 1.00 bits per heavy atom. The molecule has 32 heavy (non-hydrogen) atoms. The monoisotopic (exact) mass is 442 g/mol. The molecule has 8 atom stereocenters. The minimum Gasteiger partial charge on any atom is -0.463 e. The highest BCUT2D eigenvalue weighted by Crippen LogP contribution is 2.66. The zero-order valence-electron chi connectivity index (χ0n) is 22.1. The SMILES string of the molecule is CC(=O)O[C@@H]1CC[C@]2(C)[C@@H](CCC3=C4CC[C@@H]([C@H](C)CC[C@H](C)C(C)C)[C@@]4(C)CC[C@@H]32)C1. The number of esters is 1. The van der Waals surface area contributed by atoms with Crippen molar-refractivity contribution in [3.8, 4) is 0 Å². The van der Waals surface area contributed by atoms with Crippen molar-refractivity contribution in [2.24, 2.45) is 46.3 Å². The lowest BCUT2D eigenvalue weighted by molar-refractivity contribution is -0.152. The molecule has 0 aromatic rings. The highest BCUT2D eigenvalue weighted by atomic mass is 16.5. The lowest BCUT2D eigenvalue weighted by Gasteiger charge is -2.57. The molecular formula is C30H50O2. The molecule has 0 heterocycles. The molecule has 0 amide bonds. The smallest absolute Gasteiger partial charge is 0.302 e. The number of carbonyl (C=O) groups is 1. The van der Waals surface area contributed by atoms with Crippen LogP contribution in [0.3, 0.4) is 0 Å². The molecular weight excluding hydrogens is 392 g/mol. The Balaban J connectivity index is 1.50. The Kier molecular flexibility index (Phi) is 6.92. The lowest BCUT2D eigenvalue weighted by atomic mass is 9.48. The quantitative estimate of drug-likeness (QED) is 0.305. The minimum absolute atomic E-state index is 0.0976. The van der Waals surface area contributed by atoms with Crippen LogP contribution < -0.4 is 0 Å². The third kappa shape index (κ3) is 4.22. The summed E-state index contributed by atoms with van der Waals surface area (Å²) in [5, 5.41) is 0. The summed E-state index contributed by atoms with van der Waals surface area (Å²) < 4.78 is 5.65. The van der Waals surface area contributed by atoms with Crippen LogP contribution in [-0.4, -0.2) is 12.1 Å². The number of ether oxygens (including phenoxy) is 1. The third-order valence-corrected chi connectivity index (χ3v) is 11.3. The Labute approximate surface area is 198 Å². The molecule has 0 unspecified atom stereocenters. The third-order valence-electron chi connectivity index (χ3n) is 11.3. The normalized spacial score (nSPS) is 41.0. The topological polar surface area (TPSA) is 26.3 Å². The van der Waals surface area contributed by atoms with Crippen molar-refractivity contribution in [1.82, 2.24) is 0 Å². The predicted octanol–water partition coefficient (Wildman–Crippen LogP) is 8.35. The standard InChI is InChI=1S/C30H50O2/c1-19(2)20(3)8-9-21(4)26-12-13-27-25-11-10-23-18-24(32-22(5)31)14-16-29(23,6)28(25)15-17-30(26,27)7/h19-21,23-24,26,28H,8-18H2,1-7H3/t20-,21+,23-,24+,26-,28-,29+,30+/m0/s1. The van der Waals surface area contributed by atoms with Crippen LogP contribution in [0.2, 0.25) is 0 Å². The van der Waals surface area contributed by atoms with Gasteiger partial charge in [-0.15, -0.1) is 0 Å². The van der Waals surface area contributed by atoms with Gasteiger partial charge in [-0.2, -0.15) is 0 Å². The van der Waals surface area contributed by atoms with Crippen LogP contribution in [0.25, 0.3) is 0 Å². The minimum atomic E-state index is -0.0976. The van der Waals surface area contributed by atoms with E-state index in [4.69, 9.17) is 4.74 Å². The number of rotatable bonds is 6. The van der Waals surface area contributed by atoms with Crippen LogP contribution in [-0.2, 0) is 9.53 Å². The van der Waals surface area contributed by atoms with E-state index in [1.165, 1.54) is 57.8 Å². The van der Waals surface area contributed by atoms with E-state index < -0.39 is 0 Å². The molecule has 4 rings (SSSR count). The zero-order chi connectivity index (χ0) is 23.3. The summed E-state index contributed by atoms with van der Waals surface area (Å²) in [6, 6.07) is 0. The van der Waals surface area contributed by atoms with Gasteiger partial charge in [0.15, 0.2) is 0 Å². The molecule has 3 fully saturated rings. The van der Waals surface area contributed by atoms with Gasteiger partial charge in [-0.05, 0) is 104 Å². The summed E-state index contributed by atoms with van der Waals surface area (Å²) in [7, 11) is 0. The second-order valence-corrected chi connectivity index (χ2v) is 13.2. The largest absolute Gasteiger partial charge is 0.463 e. The molecule has 2 nitrogen and oxygen atoms in total. The van der Waals surface area contributed by atoms with E-state index >= 15 is 0 Å². The predicted molar refractivity (Wildman–Crippen MR) is 133 cm³/mol. The van der Waals surface area contributed by atoms with Gasteiger partial charge < -0.3 is 4.74 Å². The summed E-state index contributed by atoms with van der Waals surface area (Å²) in [4.78, 5) is 11.5. The molecule has 3 saturated carbocycles. The Morgan fingerprint density at radius 2 is 1.75 bits per heavy atom. The summed E-state index contributed by atoms with van der Waals surface area (Å²) in [6.45, 7) is 16.6. The van der Waals surface area contributed by atoms with Crippen molar-refractivity contribution in [1.29, 1.82) is 0 Å². The average molecular weight is 443 g/mol. The van der Waals surface area contributed by atoms with Crippen molar-refractivity contribution < 1.29 is 9.53 Å². The van der Waals surface area contributed by atoms with Gasteiger partial charge in [-0.25, -0.2) is 0 Å².